The lowest BCUT2D eigenvalue weighted by atomic mass is 10.1. The summed E-state index contributed by atoms with van der Waals surface area (Å²) < 4.78 is 4.99. The van der Waals surface area contributed by atoms with Gasteiger partial charge in [0.1, 0.15) is 5.01 Å². The highest BCUT2D eigenvalue weighted by atomic mass is 32.1. The van der Waals surface area contributed by atoms with Gasteiger partial charge >= 0.3 is 12.0 Å². The van der Waals surface area contributed by atoms with Crippen LogP contribution in [0.4, 0.5) is 10.5 Å². The first-order valence-electron chi connectivity index (χ1n) is 9.47. The number of nitrogens with zero attached hydrogens (tertiary/aromatic N) is 2. The summed E-state index contributed by atoms with van der Waals surface area (Å²) in [5.74, 6) is -0.447. The van der Waals surface area contributed by atoms with Gasteiger partial charge in [0.2, 0.25) is 0 Å². The quantitative estimate of drug-likeness (QED) is 0.578. The molecule has 0 aliphatic rings. The van der Waals surface area contributed by atoms with Crippen molar-refractivity contribution in [1.29, 1.82) is 0 Å². The number of hydrogen-bond acceptors (Lipinski definition) is 5. The van der Waals surface area contributed by atoms with E-state index in [4.69, 9.17) is 4.74 Å². The highest BCUT2D eigenvalue weighted by Gasteiger charge is 2.28. The fourth-order valence-corrected chi connectivity index (χ4v) is 3.70. The van der Waals surface area contributed by atoms with Crippen molar-refractivity contribution in [2.45, 2.75) is 39.8 Å². The smallest absolute Gasteiger partial charge is 0.357 e. The van der Waals surface area contributed by atoms with Gasteiger partial charge in [0, 0.05) is 16.3 Å². The average Bonchev–Trinajstić information content (AvgIpc) is 3.14. The Balaban J connectivity index is 1.82. The Morgan fingerprint density at radius 3 is 2.59 bits per heavy atom. The van der Waals surface area contributed by atoms with Gasteiger partial charge in [0.25, 0.3) is 0 Å². The highest BCUT2D eigenvalue weighted by molar-refractivity contribution is 7.09. The van der Waals surface area contributed by atoms with E-state index in [-0.39, 0.29) is 11.7 Å². The van der Waals surface area contributed by atoms with E-state index in [1.54, 1.807) is 17.2 Å². The molecule has 152 valence electrons. The van der Waals surface area contributed by atoms with Crippen molar-refractivity contribution in [2.24, 2.45) is 0 Å². The molecule has 2 amide bonds. The molecule has 0 atom stereocenters. The van der Waals surface area contributed by atoms with E-state index in [0.29, 0.717) is 18.2 Å². The lowest BCUT2D eigenvalue weighted by Crippen LogP contribution is -2.47. The maximum absolute atomic E-state index is 13.2. The summed E-state index contributed by atoms with van der Waals surface area (Å²) in [6, 6.07) is 13.5. The number of urea groups is 1. The number of ether oxygens (including phenoxy) is 1. The van der Waals surface area contributed by atoms with Gasteiger partial charge in [-0.25, -0.2) is 14.6 Å². The van der Waals surface area contributed by atoms with Crippen molar-refractivity contribution < 1.29 is 14.3 Å². The minimum Gasteiger partial charge on any atom is -0.461 e. The number of amides is 2. The molecule has 29 heavy (non-hydrogen) atoms. The van der Waals surface area contributed by atoms with Crippen LogP contribution >= 0.6 is 11.3 Å². The molecule has 3 aromatic rings. The molecule has 0 unspecified atom stereocenters. The summed E-state index contributed by atoms with van der Waals surface area (Å²) in [5, 5.41) is 7.42. The largest absolute Gasteiger partial charge is 0.461 e. The minimum absolute atomic E-state index is 0.221. The van der Waals surface area contributed by atoms with Gasteiger partial charge in [-0.2, -0.15) is 0 Å². The molecule has 0 spiro atoms. The van der Waals surface area contributed by atoms with Crippen molar-refractivity contribution in [2.75, 3.05) is 11.9 Å². The summed E-state index contributed by atoms with van der Waals surface area (Å²) in [5.41, 5.74) is 0.591. The van der Waals surface area contributed by atoms with E-state index in [2.05, 4.69) is 10.3 Å². The van der Waals surface area contributed by atoms with Gasteiger partial charge in [-0.15, -0.1) is 11.3 Å². The number of rotatable bonds is 5. The number of nitrogens with one attached hydrogen (secondary N) is 1. The van der Waals surface area contributed by atoms with Crippen molar-refractivity contribution in [3.8, 4) is 0 Å². The number of esters is 1. The Bertz CT molecular complexity index is 1020. The molecule has 0 bridgehead atoms. The van der Waals surface area contributed by atoms with Gasteiger partial charge in [-0.05, 0) is 39.1 Å². The summed E-state index contributed by atoms with van der Waals surface area (Å²) in [6.45, 7) is 8.25. The zero-order chi connectivity index (χ0) is 21.0. The Labute approximate surface area is 174 Å². The Morgan fingerprint density at radius 2 is 1.86 bits per heavy atom. The summed E-state index contributed by atoms with van der Waals surface area (Å²) in [4.78, 5) is 31.1. The topological polar surface area (TPSA) is 71.5 Å². The molecule has 1 aromatic heterocycles. The second-order valence-corrected chi connectivity index (χ2v) is 8.50. The standard InChI is InChI=1S/C22H25N3O3S/c1-5-28-20(26)18-14-29-19(23-18)13-25(22(2,3)4)21(27)24-17-12-8-10-15-9-6-7-11-16(15)17/h6-12,14H,5,13H2,1-4H3,(H,24,27). The monoisotopic (exact) mass is 411 g/mol. The van der Waals surface area contributed by atoms with E-state index < -0.39 is 11.5 Å². The van der Waals surface area contributed by atoms with E-state index in [1.165, 1.54) is 11.3 Å². The van der Waals surface area contributed by atoms with Crippen LogP contribution in [-0.2, 0) is 11.3 Å². The van der Waals surface area contributed by atoms with E-state index in [1.807, 2.05) is 63.2 Å². The SMILES string of the molecule is CCOC(=O)c1csc(CN(C(=O)Nc2cccc3ccccc23)C(C)(C)C)n1. The fourth-order valence-electron chi connectivity index (χ4n) is 2.95. The summed E-state index contributed by atoms with van der Waals surface area (Å²) in [7, 11) is 0. The second-order valence-electron chi connectivity index (χ2n) is 7.56. The van der Waals surface area contributed by atoms with Crippen molar-refractivity contribution in [1.82, 2.24) is 9.88 Å². The number of carbonyl (C=O) groups excluding carboxylic acids is 2. The predicted molar refractivity (Wildman–Crippen MR) is 116 cm³/mol. The number of thiazole rings is 1. The molecule has 0 fully saturated rings. The maximum atomic E-state index is 13.2. The first kappa shape index (κ1) is 20.8. The van der Waals surface area contributed by atoms with Gasteiger partial charge in [-0.1, -0.05) is 36.4 Å². The third-order valence-corrected chi connectivity index (χ3v) is 5.25. The molecule has 6 nitrogen and oxygen atoms in total. The number of carbonyl (C=O) groups is 2. The zero-order valence-corrected chi connectivity index (χ0v) is 17.9. The minimum atomic E-state index is -0.447. The molecule has 0 saturated heterocycles. The highest BCUT2D eigenvalue weighted by Crippen LogP contribution is 2.26. The third-order valence-electron chi connectivity index (χ3n) is 4.42. The molecule has 3 rings (SSSR count). The Morgan fingerprint density at radius 1 is 1.14 bits per heavy atom. The Hall–Kier alpha value is -2.93. The van der Waals surface area contributed by atoms with Crippen molar-refractivity contribution in [3.63, 3.8) is 0 Å². The molecule has 1 N–H and O–H groups in total. The molecular weight excluding hydrogens is 386 g/mol. The summed E-state index contributed by atoms with van der Waals surface area (Å²) in [6.07, 6.45) is 0. The number of fused-ring (bicyclic) bond motifs is 1. The third kappa shape index (κ3) is 4.92. The van der Waals surface area contributed by atoms with Crippen LogP contribution in [0.15, 0.2) is 47.8 Å². The molecular formula is C22H25N3O3S. The molecule has 1 heterocycles. The molecule has 0 aliphatic carbocycles. The van der Waals surface area contributed by atoms with Crippen LogP contribution in [0.3, 0.4) is 0 Å². The van der Waals surface area contributed by atoms with Crippen LogP contribution in [-0.4, -0.2) is 34.0 Å². The van der Waals surface area contributed by atoms with E-state index in [9.17, 15) is 9.59 Å². The molecule has 0 saturated carbocycles. The van der Waals surface area contributed by atoms with Crippen LogP contribution in [0.2, 0.25) is 0 Å². The van der Waals surface area contributed by atoms with Crippen LogP contribution in [0.1, 0.15) is 43.2 Å². The fraction of sp³-hybridized carbons (Fsp3) is 0.318. The number of aromatic nitrogens is 1. The van der Waals surface area contributed by atoms with Crippen molar-refractivity contribution in [3.05, 3.63) is 58.5 Å². The van der Waals surface area contributed by atoms with Crippen LogP contribution in [0.5, 0.6) is 0 Å². The molecule has 0 radical (unpaired) electrons. The lowest BCUT2D eigenvalue weighted by molar-refractivity contribution is 0.0520. The number of benzene rings is 2. The van der Waals surface area contributed by atoms with Gasteiger partial charge < -0.3 is 15.0 Å². The Kier molecular flexibility index (Phi) is 6.17. The predicted octanol–water partition coefficient (Wildman–Crippen LogP) is 5.31. The average molecular weight is 412 g/mol. The van der Waals surface area contributed by atoms with E-state index >= 15 is 0 Å². The van der Waals surface area contributed by atoms with Gasteiger partial charge in [0.15, 0.2) is 5.69 Å². The normalized spacial score (nSPS) is 11.3. The number of hydrogen-bond donors (Lipinski definition) is 1. The molecule has 7 heteroatoms. The lowest BCUT2D eigenvalue weighted by Gasteiger charge is -2.35. The first-order chi connectivity index (χ1) is 13.8. The van der Waals surface area contributed by atoms with Gasteiger partial charge in [-0.3, -0.25) is 0 Å². The maximum Gasteiger partial charge on any atom is 0.357 e. The van der Waals surface area contributed by atoms with Gasteiger partial charge in [0.05, 0.1) is 18.8 Å². The summed E-state index contributed by atoms with van der Waals surface area (Å²) >= 11 is 1.34. The molecule has 0 aliphatic heterocycles. The zero-order valence-electron chi connectivity index (χ0n) is 17.1. The second kappa shape index (κ2) is 8.61. The van der Waals surface area contributed by atoms with Crippen molar-refractivity contribution >= 4 is 39.8 Å². The van der Waals surface area contributed by atoms with E-state index in [0.717, 1.165) is 16.5 Å². The number of anilines is 1. The molecule has 2 aromatic carbocycles. The van der Waals surface area contributed by atoms with Crippen LogP contribution < -0.4 is 5.32 Å². The van der Waals surface area contributed by atoms with Crippen LogP contribution in [0.25, 0.3) is 10.8 Å². The van der Waals surface area contributed by atoms with Crippen LogP contribution in [0, 0.1) is 0 Å². The first-order valence-corrected chi connectivity index (χ1v) is 10.4.